The number of hydrogen-bond acceptors (Lipinski definition) is 5. The number of halogens is 1. The number of phenolic OH excluding ortho intramolecular Hbond substituents is 1. The number of phenols is 1. The molecular formula is C18H14FN5O. The largest absolute Gasteiger partial charge is 0.508 e. The van der Waals surface area contributed by atoms with E-state index in [1.54, 1.807) is 12.1 Å². The molecule has 0 bridgehead atoms. The standard InChI is InChI=1S/C18H14FN5O/c19-16-10-20-18(22-13-6-7-14-4-2-8-24(14)11-13)23-17(16)21-12-3-1-5-15(25)9-12/h1-11,25H,(H2,20,21,22,23). The smallest absolute Gasteiger partial charge is 0.229 e. The monoisotopic (exact) mass is 335 g/mol. The number of benzene rings is 1. The number of pyridine rings is 1. The van der Waals surface area contributed by atoms with Gasteiger partial charge in [0.15, 0.2) is 11.6 Å². The fourth-order valence-electron chi connectivity index (χ4n) is 2.47. The maximum absolute atomic E-state index is 14.0. The van der Waals surface area contributed by atoms with E-state index in [1.165, 1.54) is 12.1 Å². The van der Waals surface area contributed by atoms with Gasteiger partial charge in [-0.25, -0.2) is 9.37 Å². The summed E-state index contributed by atoms with van der Waals surface area (Å²) in [5.41, 5.74) is 2.37. The highest BCUT2D eigenvalue weighted by Gasteiger charge is 2.08. The van der Waals surface area contributed by atoms with Crippen molar-refractivity contribution >= 4 is 28.7 Å². The summed E-state index contributed by atoms with van der Waals surface area (Å²) >= 11 is 0. The minimum atomic E-state index is -0.588. The van der Waals surface area contributed by atoms with Crippen molar-refractivity contribution < 1.29 is 9.50 Å². The fraction of sp³-hybridized carbons (Fsp3) is 0. The van der Waals surface area contributed by atoms with Crippen LogP contribution in [-0.2, 0) is 0 Å². The molecule has 4 aromatic rings. The van der Waals surface area contributed by atoms with Crippen LogP contribution in [0, 0.1) is 5.82 Å². The average Bonchev–Trinajstić information content (AvgIpc) is 3.06. The van der Waals surface area contributed by atoms with Crippen LogP contribution in [0.4, 0.5) is 27.5 Å². The van der Waals surface area contributed by atoms with Crippen LogP contribution < -0.4 is 10.6 Å². The summed E-state index contributed by atoms with van der Waals surface area (Å²) in [5, 5.41) is 15.4. The molecule has 0 aliphatic carbocycles. The molecule has 0 spiro atoms. The van der Waals surface area contributed by atoms with E-state index in [0.29, 0.717) is 5.69 Å². The van der Waals surface area contributed by atoms with Gasteiger partial charge in [0.25, 0.3) is 0 Å². The Bertz CT molecular complexity index is 1050. The SMILES string of the molecule is Oc1cccc(Nc2nc(Nc3ccc4cccn4c3)ncc2F)c1. The van der Waals surface area contributed by atoms with E-state index in [9.17, 15) is 9.50 Å². The van der Waals surface area contributed by atoms with Gasteiger partial charge in [-0.1, -0.05) is 6.07 Å². The van der Waals surface area contributed by atoms with Gasteiger partial charge in [-0.05, 0) is 36.4 Å². The van der Waals surface area contributed by atoms with Crippen LogP contribution in [0.3, 0.4) is 0 Å². The molecular weight excluding hydrogens is 321 g/mol. The molecule has 0 radical (unpaired) electrons. The zero-order chi connectivity index (χ0) is 17.2. The molecule has 0 unspecified atom stereocenters. The van der Waals surface area contributed by atoms with Gasteiger partial charge in [0.1, 0.15) is 5.75 Å². The Kier molecular flexibility index (Phi) is 3.66. The maximum atomic E-state index is 14.0. The van der Waals surface area contributed by atoms with Crippen molar-refractivity contribution in [1.82, 2.24) is 14.4 Å². The summed E-state index contributed by atoms with van der Waals surface area (Å²) in [7, 11) is 0. The number of aromatic nitrogens is 3. The maximum Gasteiger partial charge on any atom is 0.229 e. The zero-order valence-corrected chi connectivity index (χ0v) is 13.0. The van der Waals surface area contributed by atoms with Gasteiger partial charge in [0.2, 0.25) is 5.95 Å². The second-order valence-corrected chi connectivity index (χ2v) is 5.45. The molecule has 3 aromatic heterocycles. The first-order valence-electron chi connectivity index (χ1n) is 7.60. The van der Waals surface area contributed by atoms with Crippen LogP contribution in [0.5, 0.6) is 5.75 Å². The van der Waals surface area contributed by atoms with Gasteiger partial charge >= 0.3 is 0 Å². The molecule has 6 nitrogen and oxygen atoms in total. The Labute approximate surface area is 142 Å². The van der Waals surface area contributed by atoms with Gasteiger partial charge < -0.3 is 20.1 Å². The minimum Gasteiger partial charge on any atom is -0.508 e. The Morgan fingerprint density at radius 3 is 2.80 bits per heavy atom. The van der Waals surface area contributed by atoms with Gasteiger partial charge in [-0.2, -0.15) is 4.98 Å². The van der Waals surface area contributed by atoms with E-state index in [2.05, 4.69) is 20.6 Å². The lowest BCUT2D eigenvalue weighted by atomic mass is 10.3. The molecule has 0 amide bonds. The van der Waals surface area contributed by atoms with E-state index < -0.39 is 5.82 Å². The molecule has 0 atom stereocenters. The third-order valence-electron chi connectivity index (χ3n) is 3.63. The topological polar surface area (TPSA) is 74.5 Å². The Morgan fingerprint density at radius 1 is 1.00 bits per heavy atom. The molecule has 7 heteroatoms. The van der Waals surface area contributed by atoms with E-state index in [4.69, 9.17) is 0 Å². The third kappa shape index (κ3) is 3.20. The number of hydrogen-bond donors (Lipinski definition) is 3. The summed E-state index contributed by atoms with van der Waals surface area (Å²) in [6.45, 7) is 0. The lowest BCUT2D eigenvalue weighted by molar-refractivity contribution is 0.475. The first-order valence-corrected chi connectivity index (χ1v) is 7.60. The van der Waals surface area contributed by atoms with Crippen LogP contribution in [0.25, 0.3) is 5.52 Å². The normalized spacial score (nSPS) is 10.8. The summed E-state index contributed by atoms with van der Waals surface area (Å²) in [5.74, 6) is -0.228. The number of nitrogens with zero attached hydrogens (tertiary/aromatic N) is 3. The zero-order valence-electron chi connectivity index (χ0n) is 13.0. The number of fused-ring (bicyclic) bond motifs is 1. The first-order chi connectivity index (χ1) is 12.2. The summed E-state index contributed by atoms with van der Waals surface area (Å²) < 4.78 is 15.9. The van der Waals surface area contributed by atoms with Crippen molar-refractivity contribution in [1.29, 1.82) is 0 Å². The van der Waals surface area contributed by atoms with Gasteiger partial charge in [0, 0.05) is 29.7 Å². The van der Waals surface area contributed by atoms with Crippen LogP contribution in [0.2, 0.25) is 0 Å². The molecule has 124 valence electrons. The molecule has 0 aliphatic heterocycles. The summed E-state index contributed by atoms with van der Waals surface area (Å²) in [4.78, 5) is 8.13. The highest BCUT2D eigenvalue weighted by molar-refractivity contribution is 5.62. The number of rotatable bonds is 4. The number of aromatic hydroxyl groups is 1. The van der Waals surface area contributed by atoms with E-state index >= 15 is 0 Å². The highest BCUT2D eigenvalue weighted by atomic mass is 19.1. The van der Waals surface area contributed by atoms with Gasteiger partial charge in [-0.15, -0.1) is 0 Å². The molecule has 25 heavy (non-hydrogen) atoms. The average molecular weight is 335 g/mol. The van der Waals surface area contributed by atoms with E-state index in [-0.39, 0.29) is 17.5 Å². The van der Waals surface area contributed by atoms with Crippen LogP contribution in [-0.4, -0.2) is 19.5 Å². The first kappa shape index (κ1) is 14.9. The molecule has 3 heterocycles. The van der Waals surface area contributed by atoms with Crippen molar-refractivity contribution in [2.24, 2.45) is 0 Å². The lowest BCUT2D eigenvalue weighted by Gasteiger charge is -2.10. The second kappa shape index (κ2) is 6.12. The molecule has 1 aromatic carbocycles. The lowest BCUT2D eigenvalue weighted by Crippen LogP contribution is -2.03. The predicted molar refractivity (Wildman–Crippen MR) is 94.1 cm³/mol. The Hall–Kier alpha value is -3.61. The summed E-state index contributed by atoms with van der Waals surface area (Å²) in [6.07, 6.45) is 4.92. The van der Waals surface area contributed by atoms with E-state index in [0.717, 1.165) is 17.4 Å². The predicted octanol–water partition coefficient (Wildman–Crippen LogP) is 4.06. The molecule has 0 saturated carbocycles. The Balaban J connectivity index is 1.60. The van der Waals surface area contributed by atoms with Crippen LogP contribution in [0.15, 0.2) is 67.1 Å². The highest BCUT2D eigenvalue weighted by Crippen LogP contribution is 2.23. The van der Waals surface area contributed by atoms with Crippen molar-refractivity contribution in [3.63, 3.8) is 0 Å². The van der Waals surface area contributed by atoms with Crippen molar-refractivity contribution in [2.75, 3.05) is 10.6 Å². The summed E-state index contributed by atoms with van der Waals surface area (Å²) in [6, 6.07) is 14.2. The van der Waals surface area contributed by atoms with Crippen LogP contribution in [0.1, 0.15) is 0 Å². The Morgan fingerprint density at radius 2 is 1.92 bits per heavy atom. The van der Waals surface area contributed by atoms with Crippen LogP contribution >= 0.6 is 0 Å². The second-order valence-electron chi connectivity index (χ2n) is 5.45. The third-order valence-corrected chi connectivity index (χ3v) is 3.63. The fourth-order valence-corrected chi connectivity index (χ4v) is 2.47. The molecule has 3 N–H and O–H groups in total. The molecule has 4 rings (SSSR count). The van der Waals surface area contributed by atoms with Gasteiger partial charge in [-0.3, -0.25) is 0 Å². The molecule has 0 saturated heterocycles. The van der Waals surface area contributed by atoms with Gasteiger partial charge in [0.05, 0.1) is 11.9 Å². The van der Waals surface area contributed by atoms with Crippen molar-refractivity contribution in [2.45, 2.75) is 0 Å². The van der Waals surface area contributed by atoms with Crippen molar-refractivity contribution in [3.8, 4) is 5.75 Å². The van der Waals surface area contributed by atoms with Crippen molar-refractivity contribution in [3.05, 3.63) is 72.9 Å². The molecule has 0 aliphatic rings. The number of nitrogens with one attached hydrogen (secondary N) is 2. The quantitative estimate of drug-likeness (QED) is 0.524. The number of anilines is 4. The molecule has 0 fully saturated rings. The minimum absolute atomic E-state index is 0.0187. The van der Waals surface area contributed by atoms with E-state index in [1.807, 2.05) is 41.1 Å².